The monoisotopic (exact) mass is 220 g/mol. The zero-order valence-electron chi connectivity index (χ0n) is 10.2. The summed E-state index contributed by atoms with van der Waals surface area (Å²) in [4.78, 5) is 11.9. The number of nitrogens with one attached hydrogen (secondary N) is 1. The molecule has 0 aliphatic heterocycles. The van der Waals surface area contributed by atoms with E-state index >= 15 is 0 Å². The Kier molecular flexibility index (Phi) is 4.07. The first-order chi connectivity index (χ1) is 7.47. The van der Waals surface area contributed by atoms with Crippen LogP contribution in [0.3, 0.4) is 0 Å². The van der Waals surface area contributed by atoms with Gasteiger partial charge < -0.3 is 11.1 Å². The van der Waals surface area contributed by atoms with Crippen LogP contribution < -0.4 is 11.1 Å². The molecule has 0 bridgehead atoms. The minimum Gasteiger partial charge on any atom is -0.349 e. The zero-order chi connectivity index (χ0) is 12.2. The van der Waals surface area contributed by atoms with Crippen LogP contribution in [0.2, 0.25) is 0 Å². The van der Waals surface area contributed by atoms with Crippen molar-refractivity contribution in [1.82, 2.24) is 5.32 Å². The Balaban J connectivity index is 2.66. The molecule has 0 fully saturated rings. The second-order valence-corrected chi connectivity index (χ2v) is 4.69. The van der Waals surface area contributed by atoms with Crippen LogP contribution >= 0.6 is 0 Å². The summed E-state index contributed by atoms with van der Waals surface area (Å²) in [5.41, 5.74) is 6.15. The molecule has 1 aromatic carbocycles. The fourth-order valence-electron chi connectivity index (χ4n) is 1.31. The van der Waals surface area contributed by atoms with E-state index < -0.39 is 5.41 Å². The molecule has 0 radical (unpaired) electrons. The molecule has 3 N–H and O–H groups in total. The zero-order valence-corrected chi connectivity index (χ0v) is 10.2. The van der Waals surface area contributed by atoms with E-state index in [2.05, 4.69) is 5.32 Å². The van der Waals surface area contributed by atoms with E-state index in [1.807, 2.05) is 51.1 Å². The molecule has 1 amide bonds. The van der Waals surface area contributed by atoms with Gasteiger partial charge in [-0.2, -0.15) is 0 Å². The Bertz CT molecular complexity index is 346. The highest BCUT2D eigenvalue weighted by Gasteiger charge is 2.26. The van der Waals surface area contributed by atoms with E-state index in [1.165, 1.54) is 0 Å². The average molecular weight is 220 g/mol. The Morgan fingerprint density at radius 2 is 1.94 bits per heavy atom. The van der Waals surface area contributed by atoms with Crippen molar-refractivity contribution < 1.29 is 4.79 Å². The number of hydrogen-bond acceptors (Lipinski definition) is 2. The Morgan fingerprint density at radius 3 is 2.44 bits per heavy atom. The van der Waals surface area contributed by atoms with Crippen molar-refractivity contribution in [3.63, 3.8) is 0 Å². The van der Waals surface area contributed by atoms with Crippen molar-refractivity contribution in [3.8, 4) is 0 Å². The summed E-state index contributed by atoms with van der Waals surface area (Å²) in [6.07, 6.45) is 0. The molecule has 1 aromatic rings. The van der Waals surface area contributed by atoms with E-state index in [-0.39, 0.29) is 11.9 Å². The second kappa shape index (κ2) is 5.12. The number of carbonyl (C=O) groups excluding carboxylic acids is 1. The van der Waals surface area contributed by atoms with Crippen molar-refractivity contribution in [3.05, 3.63) is 35.9 Å². The summed E-state index contributed by atoms with van der Waals surface area (Å²) < 4.78 is 0. The van der Waals surface area contributed by atoms with Gasteiger partial charge in [0, 0.05) is 6.54 Å². The number of rotatable bonds is 4. The van der Waals surface area contributed by atoms with Crippen LogP contribution in [0, 0.1) is 5.41 Å². The minimum absolute atomic E-state index is 0.00801. The van der Waals surface area contributed by atoms with Crippen LogP contribution in [-0.4, -0.2) is 12.5 Å². The molecule has 3 nitrogen and oxygen atoms in total. The highest BCUT2D eigenvalue weighted by atomic mass is 16.2. The number of nitrogens with two attached hydrogens (primary N) is 1. The predicted octanol–water partition coefficient (Wildman–Crippen LogP) is 1.85. The molecule has 0 saturated carbocycles. The van der Waals surface area contributed by atoms with Crippen LogP contribution in [0.5, 0.6) is 0 Å². The van der Waals surface area contributed by atoms with Crippen LogP contribution in [0.25, 0.3) is 0 Å². The van der Waals surface area contributed by atoms with Crippen LogP contribution in [0.15, 0.2) is 30.3 Å². The van der Waals surface area contributed by atoms with Gasteiger partial charge in [-0.25, -0.2) is 0 Å². The predicted molar refractivity (Wildman–Crippen MR) is 65.8 cm³/mol. The molecular weight excluding hydrogens is 200 g/mol. The first-order valence-corrected chi connectivity index (χ1v) is 5.53. The third-order valence-electron chi connectivity index (χ3n) is 2.77. The SMILES string of the molecule is C[C@H](NC(=O)C(C)(C)CN)c1ccccc1. The van der Waals surface area contributed by atoms with Gasteiger partial charge in [-0.1, -0.05) is 30.3 Å². The third-order valence-corrected chi connectivity index (χ3v) is 2.77. The van der Waals surface area contributed by atoms with Crippen LogP contribution in [-0.2, 0) is 4.79 Å². The number of carbonyl (C=O) groups is 1. The third kappa shape index (κ3) is 3.07. The smallest absolute Gasteiger partial charge is 0.227 e. The first kappa shape index (κ1) is 12.7. The summed E-state index contributed by atoms with van der Waals surface area (Å²) in [6, 6.07) is 9.90. The second-order valence-electron chi connectivity index (χ2n) is 4.69. The van der Waals surface area contributed by atoms with Crippen molar-refractivity contribution in [2.75, 3.05) is 6.54 Å². The topological polar surface area (TPSA) is 55.1 Å². The van der Waals surface area contributed by atoms with Gasteiger partial charge in [0.2, 0.25) is 5.91 Å². The summed E-state index contributed by atoms with van der Waals surface area (Å²) in [5.74, 6) is -0.00801. The first-order valence-electron chi connectivity index (χ1n) is 5.53. The van der Waals surface area contributed by atoms with Gasteiger partial charge >= 0.3 is 0 Å². The Hall–Kier alpha value is -1.35. The molecule has 0 heterocycles. The molecule has 1 atom stereocenters. The summed E-state index contributed by atoms with van der Waals surface area (Å²) in [5, 5.41) is 2.97. The van der Waals surface area contributed by atoms with Crippen molar-refractivity contribution in [1.29, 1.82) is 0 Å². The largest absolute Gasteiger partial charge is 0.349 e. The lowest BCUT2D eigenvalue weighted by Gasteiger charge is -2.24. The molecular formula is C13H20N2O. The fourth-order valence-corrected chi connectivity index (χ4v) is 1.31. The highest BCUT2D eigenvalue weighted by molar-refractivity contribution is 5.82. The van der Waals surface area contributed by atoms with Crippen molar-refractivity contribution in [2.24, 2.45) is 11.1 Å². The van der Waals surface area contributed by atoms with E-state index in [0.29, 0.717) is 6.54 Å². The molecule has 3 heteroatoms. The van der Waals surface area contributed by atoms with Gasteiger partial charge in [-0.05, 0) is 26.3 Å². The van der Waals surface area contributed by atoms with Crippen molar-refractivity contribution in [2.45, 2.75) is 26.8 Å². The molecule has 0 saturated heterocycles. The summed E-state index contributed by atoms with van der Waals surface area (Å²) >= 11 is 0. The maximum absolute atomic E-state index is 11.9. The van der Waals surface area contributed by atoms with Crippen LogP contribution in [0.1, 0.15) is 32.4 Å². The molecule has 0 spiro atoms. The number of amides is 1. The van der Waals surface area contributed by atoms with Gasteiger partial charge in [-0.3, -0.25) is 4.79 Å². The maximum Gasteiger partial charge on any atom is 0.227 e. The summed E-state index contributed by atoms with van der Waals surface area (Å²) in [7, 11) is 0. The van der Waals surface area contributed by atoms with Gasteiger partial charge in [0.05, 0.1) is 11.5 Å². The van der Waals surface area contributed by atoms with E-state index in [1.54, 1.807) is 0 Å². The lowest BCUT2D eigenvalue weighted by Crippen LogP contribution is -2.42. The summed E-state index contributed by atoms with van der Waals surface area (Å²) in [6.45, 7) is 6.01. The maximum atomic E-state index is 11.9. The van der Waals surface area contributed by atoms with E-state index in [0.717, 1.165) is 5.56 Å². The molecule has 0 unspecified atom stereocenters. The standard InChI is InChI=1S/C13H20N2O/c1-10(11-7-5-4-6-8-11)15-12(16)13(2,3)9-14/h4-8,10H,9,14H2,1-3H3,(H,15,16)/t10-/m0/s1. The molecule has 1 rings (SSSR count). The Morgan fingerprint density at radius 1 is 1.38 bits per heavy atom. The average Bonchev–Trinajstić information content (AvgIpc) is 2.30. The number of benzene rings is 1. The molecule has 16 heavy (non-hydrogen) atoms. The highest BCUT2D eigenvalue weighted by Crippen LogP contribution is 2.17. The normalized spacial score (nSPS) is 13.2. The van der Waals surface area contributed by atoms with Gasteiger partial charge in [0.1, 0.15) is 0 Å². The lowest BCUT2D eigenvalue weighted by atomic mass is 9.92. The van der Waals surface area contributed by atoms with E-state index in [9.17, 15) is 4.79 Å². The fraction of sp³-hybridized carbons (Fsp3) is 0.462. The quantitative estimate of drug-likeness (QED) is 0.813. The molecule has 0 aliphatic rings. The minimum atomic E-state index is -0.511. The lowest BCUT2D eigenvalue weighted by molar-refractivity contribution is -0.129. The molecule has 0 aliphatic carbocycles. The van der Waals surface area contributed by atoms with Gasteiger partial charge in [0.25, 0.3) is 0 Å². The van der Waals surface area contributed by atoms with Gasteiger partial charge in [-0.15, -0.1) is 0 Å². The van der Waals surface area contributed by atoms with Gasteiger partial charge in [0.15, 0.2) is 0 Å². The number of hydrogen-bond donors (Lipinski definition) is 2. The molecule has 88 valence electrons. The van der Waals surface area contributed by atoms with Crippen LogP contribution in [0.4, 0.5) is 0 Å². The van der Waals surface area contributed by atoms with E-state index in [4.69, 9.17) is 5.73 Å². The molecule has 0 aromatic heterocycles. The van der Waals surface area contributed by atoms with Crippen molar-refractivity contribution >= 4 is 5.91 Å². The Labute approximate surface area is 97.0 Å².